The zero-order chi connectivity index (χ0) is 24.4. The molecule has 1 N–H and O–H groups in total. The molecule has 4 aromatic rings. The molecule has 2 aromatic heterocycles. The third-order valence-electron chi connectivity index (χ3n) is 6.32. The van der Waals surface area contributed by atoms with E-state index in [2.05, 4.69) is 20.0 Å². The van der Waals surface area contributed by atoms with E-state index in [9.17, 15) is 9.59 Å². The molecule has 9 nitrogen and oxygen atoms in total. The molecule has 0 radical (unpaired) electrons. The Morgan fingerprint density at radius 1 is 1.11 bits per heavy atom. The molecular formula is C26H27N5O4. The standard InChI is InChI=1S/C26H27N5O4/c1-17-7-8-20-18(15-17)16-19(26(33)27-20)25-28-23(35-29-25)9-10-24(32)31-13-11-30(12-14-31)21-5-3-4-6-22(21)34-2/h3-8,15-16H,9-14H2,1-2H3,(H,27,33). The second-order valence-corrected chi connectivity index (χ2v) is 8.65. The molecule has 1 aliphatic rings. The average molecular weight is 474 g/mol. The number of rotatable bonds is 6. The molecule has 0 unspecified atom stereocenters. The van der Waals surface area contributed by atoms with Crippen LogP contribution in [0.3, 0.4) is 0 Å². The van der Waals surface area contributed by atoms with Gasteiger partial charge in [0.1, 0.15) is 5.75 Å². The number of nitrogens with one attached hydrogen (secondary N) is 1. The third kappa shape index (κ3) is 4.75. The third-order valence-corrected chi connectivity index (χ3v) is 6.32. The van der Waals surface area contributed by atoms with E-state index in [-0.39, 0.29) is 23.7 Å². The van der Waals surface area contributed by atoms with Gasteiger partial charge in [0.15, 0.2) is 0 Å². The Kier molecular flexibility index (Phi) is 6.22. The normalized spacial score (nSPS) is 13.9. The van der Waals surface area contributed by atoms with Crippen LogP contribution in [-0.2, 0) is 11.2 Å². The largest absolute Gasteiger partial charge is 0.495 e. The number of piperazine rings is 1. The van der Waals surface area contributed by atoms with Gasteiger partial charge in [0.05, 0.1) is 18.4 Å². The molecule has 3 heterocycles. The van der Waals surface area contributed by atoms with Crippen LogP contribution in [0, 0.1) is 6.92 Å². The first-order valence-corrected chi connectivity index (χ1v) is 11.6. The van der Waals surface area contributed by atoms with Gasteiger partial charge in [0.25, 0.3) is 5.56 Å². The zero-order valence-corrected chi connectivity index (χ0v) is 19.8. The first kappa shape index (κ1) is 22.6. The van der Waals surface area contributed by atoms with Crippen LogP contribution in [0.25, 0.3) is 22.3 Å². The Bertz CT molecular complexity index is 1420. The number of hydrogen-bond acceptors (Lipinski definition) is 7. The van der Waals surface area contributed by atoms with Gasteiger partial charge >= 0.3 is 0 Å². The molecule has 1 aliphatic heterocycles. The first-order valence-electron chi connectivity index (χ1n) is 11.6. The number of nitrogens with zero attached hydrogens (tertiary/aromatic N) is 4. The Balaban J connectivity index is 1.20. The Labute approximate surface area is 202 Å². The molecule has 180 valence electrons. The fourth-order valence-corrected chi connectivity index (χ4v) is 4.42. The molecule has 0 saturated carbocycles. The van der Waals surface area contributed by atoms with Crippen molar-refractivity contribution in [2.24, 2.45) is 0 Å². The van der Waals surface area contributed by atoms with E-state index in [0.717, 1.165) is 41.0 Å². The van der Waals surface area contributed by atoms with Gasteiger partial charge in [-0.05, 0) is 42.6 Å². The van der Waals surface area contributed by atoms with E-state index in [1.807, 2.05) is 54.3 Å². The molecular weight excluding hydrogens is 446 g/mol. The number of aromatic amines is 1. The van der Waals surface area contributed by atoms with Crippen molar-refractivity contribution in [3.63, 3.8) is 0 Å². The number of carbonyl (C=O) groups is 1. The summed E-state index contributed by atoms with van der Waals surface area (Å²) in [5.41, 5.74) is 2.95. The van der Waals surface area contributed by atoms with Crippen molar-refractivity contribution in [3.05, 3.63) is 70.3 Å². The second-order valence-electron chi connectivity index (χ2n) is 8.65. The van der Waals surface area contributed by atoms with Gasteiger partial charge in [0, 0.05) is 44.5 Å². The van der Waals surface area contributed by atoms with Crippen LogP contribution in [-0.4, -0.2) is 59.2 Å². The number of anilines is 1. The van der Waals surface area contributed by atoms with Crippen molar-refractivity contribution in [1.29, 1.82) is 0 Å². The number of ether oxygens (including phenoxy) is 1. The number of aromatic nitrogens is 3. The maximum atomic E-state index is 12.8. The van der Waals surface area contributed by atoms with E-state index in [0.29, 0.717) is 31.0 Å². The van der Waals surface area contributed by atoms with Gasteiger partial charge in [-0.2, -0.15) is 4.98 Å². The maximum Gasteiger partial charge on any atom is 0.259 e. The molecule has 2 aromatic carbocycles. The van der Waals surface area contributed by atoms with Gasteiger partial charge in [-0.3, -0.25) is 9.59 Å². The van der Waals surface area contributed by atoms with E-state index in [1.165, 1.54) is 0 Å². The number of methoxy groups -OCH3 is 1. The number of pyridine rings is 1. The maximum absolute atomic E-state index is 12.8. The highest BCUT2D eigenvalue weighted by atomic mass is 16.5. The van der Waals surface area contributed by atoms with Crippen LogP contribution in [0.1, 0.15) is 17.9 Å². The number of amides is 1. The minimum absolute atomic E-state index is 0.0449. The number of hydrogen-bond donors (Lipinski definition) is 1. The van der Waals surface area contributed by atoms with Gasteiger partial charge in [-0.25, -0.2) is 0 Å². The number of para-hydroxylation sites is 2. The van der Waals surface area contributed by atoms with Crippen molar-refractivity contribution in [3.8, 4) is 17.1 Å². The van der Waals surface area contributed by atoms with Crippen molar-refractivity contribution >= 4 is 22.5 Å². The minimum atomic E-state index is -0.280. The fourth-order valence-electron chi connectivity index (χ4n) is 4.42. The second kappa shape index (κ2) is 9.61. The van der Waals surface area contributed by atoms with Crippen LogP contribution in [0.4, 0.5) is 5.69 Å². The molecule has 1 fully saturated rings. The molecule has 35 heavy (non-hydrogen) atoms. The summed E-state index contributed by atoms with van der Waals surface area (Å²) in [6.07, 6.45) is 0.590. The van der Waals surface area contributed by atoms with E-state index in [4.69, 9.17) is 9.26 Å². The van der Waals surface area contributed by atoms with Crippen LogP contribution in [0.2, 0.25) is 0 Å². The monoisotopic (exact) mass is 473 g/mol. The molecule has 0 aliphatic carbocycles. The van der Waals surface area contributed by atoms with Crippen LogP contribution in [0.5, 0.6) is 5.75 Å². The predicted molar refractivity (Wildman–Crippen MR) is 133 cm³/mol. The predicted octanol–water partition coefficient (Wildman–Crippen LogP) is 3.18. The van der Waals surface area contributed by atoms with Gasteiger partial charge < -0.3 is 24.0 Å². The summed E-state index contributed by atoms with van der Waals surface area (Å²) in [5, 5.41) is 4.87. The van der Waals surface area contributed by atoms with Crippen LogP contribution < -0.4 is 15.2 Å². The Morgan fingerprint density at radius 3 is 2.71 bits per heavy atom. The number of fused-ring (bicyclic) bond motifs is 1. The van der Waals surface area contributed by atoms with E-state index < -0.39 is 0 Å². The SMILES string of the molecule is COc1ccccc1N1CCN(C(=O)CCc2nc(-c3cc4cc(C)ccc4[nH]c3=O)no2)CC1. The highest BCUT2D eigenvalue weighted by Crippen LogP contribution is 2.28. The quantitative estimate of drug-likeness (QED) is 0.459. The number of aryl methyl sites for hydroxylation is 2. The van der Waals surface area contributed by atoms with Crippen LogP contribution >= 0.6 is 0 Å². The molecule has 5 rings (SSSR count). The Morgan fingerprint density at radius 2 is 1.91 bits per heavy atom. The highest BCUT2D eigenvalue weighted by molar-refractivity contribution is 5.83. The summed E-state index contributed by atoms with van der Waals surface area (Å²) in [6.45, 7) is 4.74. The fraction of sp³-hybridized carbons (Fsp3) is 0.308. The molecule has 1 saturated heterocycles. The lowest BCUT2D eigenvalue weighted by atomic mass is 10.1. The highest BCUT2D eigenvalue weighted by Gasteiger charge is 2.23. The minimum Gasteiger partial charge on any atom is -0.495 e. The summed E-state index contributed by atoms with van der Waals surface area (Å²) in [6, 6.07) is 15.5. The van der Waals surface area contributed by atoms with Crippen LogP contribution in [0.15, 0.2) is 57.8 Å². The summed E-state index contributed by atoms with van der Waals surface area (Å²) in [7, 11) is 1.67. The molecule has 1 amide bonds. The lowest BCUT2D eigenvalue weighted by molar-refractivity contribution is -0.131. The smallest absolute Gasteiger partial charge is 0.259 e. The molecule has 0 bridgehead atoms. The topological polar surface area (TPSA) is 105 Å². The zero-order valence-electron chi connectivity index (χ0n) is 19.8. The summed E-state index contributed by atoms with van der Waals surface area (Å²) in [4.78, 5) is 36.6. The average Bonchev–Trinajstić information content (AvgIpc) is 3.36. The van der Waals surface area contributed by atoms with Crippen molar-refractivity contribution in [2.45, 2.75) is 19.8 Å². The summed E-state index contributed by atoms with van der Waals surface area (Å²) in [5.74, 6) is 1.44. The lowest BCUT2D eigenvalue weighted by Gasteiger charge is -2.36. The number of benzene rings is 2. The number of carbonyl (C=O) groups excluding carboxylic acids is 1. The lowest BCUT2D eigenvalue weighted by Crippen LogP contribution is -2.48. The van der Waals surface area contributed by atoms with E-state index in [1.54, 1.807) is 13.2 Å². The van der Waals surface area contributed by atoms with Crippen molar-refractivity contribution in [2.75, 3.05) is 38.2 Å². The Hall–Kier alpha value is -4.14. The van der Waals surface area contributed by atoms with Gasteiger partial charge in [0.2, 0.25) is 17.6 Å². The van der Waals surface area contributed by atoms with Gasteiger partial charge in [-0.15, -0.1) is 0 Å². The molecule has 0 atom stereocenters. The number of H-pyrrole nitrogens is 1. The summed E-state index contributed by atoms with van der Waals surface area (Å²) < 4.78 is 10.8. The first-order chi connectivity index (χ1) is 17.0. The van der Waals surface area contributed by atoms with E-state index >= 15 is 0 Å². The van der Waals surface area contributed by atoms with Crippen molar-refractivity contribution in [1.82, 2.24) is 20.0 Å². The summed E-state index contributed by atoms with van der Waals surface area (Å²) >= 11 is 0. The molecule has 0 spiro atoms. The van der Waals surface area contributed by atoms with Gasteiger partial charge in [-0.1, -0.05) is 28.9 Å². The molecule has 9 heteroatoms. The van der Waals surface area contributed by atoms with Crippen molar-refractivity contribution < 1.29 is 14.1 Å².